The fraction of sp³-hybridized carbons (Fsp3) is 0.375. The molecule has 1 atom stereocenters. The highest BCUT2D eigenvalue weighted by atomic mass is 35.5. The molecule has 162 valence electrons. The Hall–Kier alpha value is -2.37. The third kappa shape index (κ3) is 4.35. The molecule has 1 unspecified atom stereocenters. The van der Waals surface area contributed by atoms with Crippen molar-refractivity contribution in [3.8, 4) is 5.75 Å². The lowest BCUT2D eigenvalue weighted by molar-refractivity contribution is -0.123. The molecule has 1 N–H and O–H groups in total. The molecular formula is C24H24Cl2N2O3. The van der Waals surface area contributed by atoms with Crippen LogP contribution < -0.4 is 10.1 Å². The van der Waals surface area contributed by atoms with Crippen LogP contribution in [0.25, 0.3) is 5.57 Å². The predicted octanol–water partition coefficient (Wildman–Crippen LogP) is 5.17. The Morgan fingerprint density at radius 3 is 2.87 bits per heavy atom. The monoisotopic (exact) mass is 458 g/mol. The maximum absolute atomic E-state index is 12.2. The molecule has 2 aliphatic carbocycles. The number of aromatic nitrogens is 1. The molecule has 0 saturated heterocycles. The van der Waals surface area contributed by atoms with Crippen LogP contribution in [0.15, 0.2) is 36.5 Å². The van der Waals surface area contributed by atoms with Gasteiger partial charge in [-0.1, -0.05) is 42.6 Å². The molecule has 5 nitrogen and oxygen atoms in total. The van der Waals surface area contributed by atoms with E-state index in [-0.39, 0.29) is 28.7 Å². The molecule has 1 heterocycles. The molecular weight excluding hydrogens is 435 g/mol. The van der Waals surface area contributed by atoms with Crippen LogP contribution in [0.3, 0.4) is 0 Å². The number of hydrogen-bond donors (Lipinski definition) is 1. The van der Waals surface area contributed by atoms with Crippen molar-refractivity contribution < 1.29 is 14.3 Å². The van der Waals surface area contributed by atoms with E-state index in [2.05, 4.69) is 17.2 Å². The quantitative estimate of drug-likeness (QED) is 0.620. The minimum Gasteiger partial charge on any atom is -0.482 e. The van der Waals surface area contributed by atoms with Gasteiger partial charge in [0, 0.05) is 23.6 Å². The van der Waals surface area contributed by atoms with E-state index in [4.69, 9.17) is 27.9 Å². The largest absolute Gasteiger partial charge is 0.482 e. The summed E-state index contributed by atoms with van der Waals surface area (Å²) in [5.41, 5.74) is 3.58. The van der Waals surface area contributed by atoms with Crippen LogP contribution in [0.4, 0.5) is 0 Å². The summed E-state index contributed by atoms with van der Waals surface area (Å²) in [5, 5.41) is 3.43. The highest BCUT2D eigenvalue weighted by molar-refractivity contribution is 6.44. The molecule has 0 bridgehead atoms. The standard InChI is InChI=1S/C24H24Cl2N2O3/c1-2-7-24-8-6-17(29)11-18(24)21-15(12-24)10-19(22(25)23(21)26)31-14-20(30)28-13-16-5-3-4-9-27-16/h3-5,9-11H,2,6-8,12-14H2,1H3,(H,28,30). The molecule has 4 rings (SSSR count). The number of allylic oxidation sites excluding steroid dienone is 2. The third-order valence-corrected chi connectivity index (χ3v) is 6.91. The van der Waals surface area contributed by atoms with Gasteiger partial charge < -0.3 is 10.1 Å². The normalized spacial score (nSPS) is 19.5. The van der Waals surface area contributed by atoms with Crippen molar-refractivity contribution in [2.45, 2.75) is 45.6 Å². The summed E-state index contributed by atoms with van der Waals surface area (Å²) in [6.07, 6.45) is 7.61. The van der Waals surface area contributed by atoms with Crippen LogP contribution in [-0.4, -0.2) is 23.3 Å². The van der Waals surface area contributed by atoms with E-state index >= 15 is 0 Å². The Labute approximate surface area is 191 Å². The summed E-state index contributed by atoms with van der Waals surface area (Å²) in [6, 6.07) is 7.39. The Morgan fingerprint density at radius 1 is 1.29 bits per heavy atom. The van der Waals surface area contributed by atoms with Gasteiger partial charge >= 0.3 is 0 Å². The Bertz CT molecular complexity index is 1050. The van der Waals surface area contributed by atoms with Gasteiger partial charge in [-0.2, -0.15) is 0 Å². The first-order chi connectivity index (χ1) is 14.9. The summed E-state index contributed by atoms with van der Waals surface area (Å²) < 4.78 is 5.73. The van der Waals surface area contributed by atoms with Gasteiger partial charge in [-0.05, 0) is 54.7 Å². The average Bonchev–Trinajstić information content (AvgIpc) is 3.08. The predicted molar refractivity (Wildman–Crippen MR) is 121 cm³/mol. The maximum atomic E-state index is 12.2. The van der Waals surface area contributed by atoms with E-state index in [1.54, 1.807) is 12.3 Å². The van der Waals surface area contributed by atoms with Gasteiger partial charge in [0.15, 0.2) is 12.4 Å². The minimum absolute atomic E-state index is 0.0728. The lowest BCUT2D eigenvalue weighted by Crippen LogP contribution is -2.28. The molecule has 0 saturated carbocycles. The van der Waals surface area contributed by atoms with Crippen molar-refractivity contribution >= 4 is 40.5 Å². The first-order valence-electron chi connectivity index (χ1n) is 10.5. The maximum Gasteiger partial charge on any atom is 0.258 e. The van der Waals surface area contributed by atoms with Gasteiger partial charge in [0.05, 0.1) is 17.3 Å². The number of nitrogens with one attached hydrogen (secondary N) is 1. The van der Waals surface area contributed by atoms with Crippen molar-refractivity contribution in [3.05, 3.63) is 63.4 Å². The van der Waals surface area contributed by atoms with Crippen molar-refractivity contribution in [1.82, 2.24) is 10.3 Å². The number of carbonyl (C=O) groups excluding carboxylic acids is 2. The van der Waals surface area contributed by atoms with Crippen molar-refractivity contribution in [2.24, 2.45) is 5.41 Å². The zero-order valence-corrected chi connectivity index (χ0v) is 18.9. The molecule has 2 aromatic rings. The minimum atomic E-state index is -0.275. The topological polar surface area (TPSA) is 68.3 Å². The van der Waals surface area contributed by atoms with E-state index in [1.165, 1.54) is 0 Å². The second-order valence-electron chi connectivity index (χ2n) is 8.15. The van der Waals surface area contributed by atoms with Gasteiger partial charge in [0.2, 0.25) is 0 Å². The molecule has 1 aromatic heterocycles. The first kappa shape index (κ1) is 21.8. The summed E-state index contributed by atoms with van der Waals surface area (Å²) in [4.78, 5) is 28.5. The fourth-order valence-corrected chi connectivity index (χ4v) is 5.19. The number of nitrogens with zero attached hydrogens (tertiary/aromatic N) is 1. The van der Waals surface area contributed by atoms with Crippen LogP contribution in [0.5, 0.6) is 5.75 Å². The zero-order chi connectivity index (χ0) is 22.0. The number of pyridine rings is 1. The number of ether oxygens (including phenoxy) is 1. The fourth-order valence-electron chi connectivity index (χ4n) is 4.67. The lowest BCUT2D eigenvalue weighted by atomic mass is 9.70. The number of amides is 1. The average molecular weight is 459 g/mol. The summed E-state index contributed by atoms with van der Waals surface area (Å²) in [7, 11) is 0. The highest BCUT2D eigenvalue weighted by Gasteiger charge is 2.45. The van der Waals surface area contributed by atoms with Crippen molar-refractivity contribution in [3.63, 3.8) is 0 Å². The third-order valence-electron chi connectivity index (χ3n) is 6.06. The number of halogens is 2. The highest BCUT2D eigenvalue weighted by Crippen LogP contribution is 2.58. The number of fused-ring (bicyclic) bond motifs is 3. The first-order valence-corrected chi connectivity index (χ1v) is 11.2. The molecule has 2 aliphatic rings. The van der Waals surface area contributed by atoms with Crippen LogP contribution in [-0.2, 0) is 22.6 Å². The second kappa shape index (κ2) is 9.01. The van der Waals surface area contributed by atoms with Crippen LogP contribution >= 0.6 is 23.2 Å². The Kier molecular flexibility index (Phi) is 6.35. The lowest BCUT2D eigenvalue weighted by Gasteiger charge is -2.33. The number of hydrogen-bond acceptors (Lipinski definition) is 4. The Morgan fingerprint density at radius 2 is 2.13 bits per heavy atom. The zero-order valence-electron chi connectivity index (χ0n) is 17.3. The van der Waals surface area contributed by atoms with E-state index in [9.17, 15) is 9.59 Å². The van der Waals surface area contributed by atoms with E-state index in [0.717, 1.165) is 48.1 Å². The van der Waals surface area contributed by atoms with E-state index in [1.807, 2.05) is 24.3 Å². The molecule has 0 fully saturated rings. The molecule has 1 aromatic carbocycles. The van der Waals surface area contributed by atoms with Crippen LogP contribution in [0.1, 0.15) is 49.4 Å². The number of rotatable bonds is 7. The van der Waals surface area contributed by atoms with Gasteiger partial charge in [-0.3, -0.25) is 14.6 Å². The SMILES string of the molecule is CCCC12CCC(=O)C=C1c1c(cc(OCC(=O)NCc3ccccn3)c(Cl)c1Cl)C2. The smallest absolute Gasteiger partial charge is 0.258 e. The van der Waals surface area contributed by atoms with Crippen LogP contribution in [0, 0.1) is 5.41 Å². The molecule has 1 amide bonds. The number of carbonyl (C=O) groups is 2. The van der Waals surface area contributed by atoms with E-state index in [0.29, 0.717) is 23.7 Å². The van der Waals surface area contributed by atoms with Gasteiger partial charge in [0.1, 0.15) is 10.8 Å². The second-order valence-corrected chi connectivity index (χ2v) is 8.91. The Balaban J connectivity index is 1.51. The summed E-state index contributed by atoms with van der Waals surface area (Å²) in [6.45, 7) is 2.30. The number of ketones is 1. The van der Waals surface area contributed by atoms with E-state index < -0.39 is 0 Å². The van der Waals surface area contributed by atoms with Crippen LogP contribution in [0.2, 0.25) is 10.0 Å². The van der Waals surface area contributed by atoms with Gasteiger partial charge in [-0.25, -0.2) is 0 Å². The molecule has 0 spiro atoms. The summed E-state index contributed by atoms with van der Waals surface area (Å²) in [5.74, 6) is 0.241. The molecule has 7 heteroatoms. The van der Waals surface area contributed by atoms with Gasteiger partial charge in [0.25, 0.3) is 5.91 Å². The van der Waals surface area contributed by atoms with Crippen molar-refractivity contribution in [1.29, 1.82) is 0 Å². The van der Waals surface area contributed by atoms with Crippen molar-refractivity contribution in [2.75, 3.05) is 6.61 Å². The number of benzene rings is 1. The summed E-state index contributed by atoms with van der Waals surface area (Å²) >= 11 is 13.2. The molecule has 31 heavy (non-hydrogen) atoms. The van der Waals surface area contributed by atoms with Gasteiger partial charge in [-0.15, -0.1) is 0 Å². The molecule has 0 aliphatic heterocycles. The molecule has 0 radical (unpaired) electrons.